The van der Waals surface area contributed by atoms with Crippen molar-refractivity contribution in [3.63, 3.8) is 0 Å². The fourth-order valence-corrected chi connectivity index (χ4v) is 2.60. The number of oxime groups is 1. The zero-order valence-electron chi connectivity index (χ0n) is 12.0. The molecule has 0 amide bonds. The zero-order valence-corrected chi connectivity index (χ0v) is 15.1. The molecule has 1 aromatic carbocycles. The zero-order chi connectivity index (χ0) is 16.1. The number of hydrogen-bond acceptors (Lipinski definition) is 3. The van der Waals surface area contributed by atoms with E-state index in [0.29, 0.717) is 0 Å². The Morgan fingerprint density at radius 3 is 2.45 bits per heavy atom. The summed E-state index contributed by atoms with van der Waals surface area (Å²) in [6.45, 7) is 1.70. The summed E-state index contributed by atoms with van der Waals surface area (Å²) in [6.07, 6.45) is 6.10. The predicted octanol–water partition coefficient (Wildman–Crippen LogP) is 5.50. The first-order chi connectivity index (χ1) is 10.5. The molecule has 1 aromatic rings. The van der Waals surface area contributed by atoms with Gasteiger partial charge in [0, 0.05) is 10.1 Å². The highest BCUT2D eigenvalue weighted by Gasteiger charge is 2.25. The number of hydrogen-bond donors (Lipinski definition) is 0. The minimum Gasteiger partial charge on any atom is -0.220 e. The van der Waals surface area contributed by atoms with Crippen LogP contribution in [0.15, 0.2) is 51.6 Å². The maximum Gasteiger partial charge on any atom is 0.115 e. The molecule has 0 bridgehead atoms. The molecule has 0 fully saturated rings. The smallest absolute Gasteiger partial charge is 0.115 e. The van der Waals surface area contributed by atoms with Crippen LogP contribution in [0.4, 0.5) is 0 Å². The number of rotatable bonds is 2. The van der Waals surface area contributed by atoms with Crippen molar-refractivity contribution in [3.8, 4) is 0 Å². The minimum absolute atomic E-state index is 0.222. The van der Waals surface area contributed by atoms with Gasteiger partial charge in [-0.2, -0.15) is 4.89 Å². The Morgan fingerprint density at radius 2 is 1.77 bits per heavy atom. The Kier molecular flexibility index (Phi) is 6.26. The molecule has 0 heterocycles. The molecule has 0 aromatic heterocycles. The molecule has 2 aliphatic carbocycles. The summed E-state index contributed by atoms with van der Waals surface area (Å²) < 4.78 is 0.963. The van der Waals surface area contributed by atoms with Crippen LogP contribution in [0.2, 0.25) is 0 Å². The van der Waals surface area contributed by atoms with E-state index in [1.54, 1.807) is 6.92 Å². The Hall–Kier alpha value is -1.07. The van der Waals surface area contributed by atoms with Gasteiger partial charge in [0.2, 0.25) is 0 Å². The molecular weight excluding hydrogens is 389 g/mol. The third-order valence-electron chi connectivity index (χ3n) is 2.88. The van der Waals surface area contributed by atoms with Crippen molar-refractivity contribution in [1.82, 2.24) is 0 Å². The van der Waals surface area contributed by atoms with Crippen LogP contribution in [0.5, 0.6) is 0 Å². The van der Waals surface area contributed by atoms with Crippen LogP contribution < -0.4 is 0 Å². The first-order valence-corrected chi connectivity index (χ1v) is 8.16. The third kappa shape index (κ3) is 4.23. The highest BCUT2D eigenvalue weighted by molar-refractivity contribution is 9.11. The second-order valence-electron chi connectivity index (χ2n) is 4.47. The van der Waals surface area contributed by atoms with Crippen LogP contribution in [-0.2, 0) is 9.88 Å². The molecule has 0 atom stereocenters. The molecule has 22 heavy (non-hydrogen) atoms. The SMILES string of the molecule is CC(Cl)Cl.COON=C1C=C(Br)C=C2C1=Cc1ccccc12. The minimum atomic E-state index is -0.222. The third-order valence-corrected chi connectivity index (χ3v) is 3.34. The van der Waals surface area contributed by atoms with Gasteiger partial charge < -0.3 is 0 Å². The van der Waals surface area contributed by atoms with Gasteiger partial charge in [-0.3, -0.25) is 0 Å². The standard InChI is InChI=1S/C14H10BrNO2.C2H4Cl2/c1-17-18-16-14-8-10(15)7-12-11-5-3-2-4-9(11)6-13(12)14;1-2(3)4/h2-8H,1H3;2H,1H3. The van der Waals surface area contributed by atoms with Gasteiger partial charge in [0.25, 0.3) is 0 Å². The second kappa shape index (κ2) is 7.97. The van der Waals surface area contributed by atoms with E-state index in [-0.39, 0.29) is 4.84 Å². The van der Waals surface area contributed by atoms with Gasteiger partial charge >= 0.3 is 0 Å². The van der Waals surface area contributed by atoms with Crippen LogP contribution in [0.1, 0.15) is 18.1 Å². The molecule has 0 saturated heterocycles. The summed E-state index contributed by atoms with van der Waals surface area (Å²) >= 11 is 13.6. The van der Waals surface area contributed by atoms with Gasteiger partial charge in [0.05, 0.1) is 7.11 Å². The van der Waals surface area contributed by atoms with E-state index in [2.05, 4.69) is 55.2 Å². The van der Waals surface area contributed by atoms with Gasteiger partial charge in [-0.1, -0.05) is 40.2 Å². The predicted molar refractivity (Wildman–Crippen MR) is 96.1 cm³/mol. The van der Waals surface area contributed by atoms with Gasteiger partial charge in [0.1, 0.15) is 10.5 Å². The summed E-state index contributed by atoms with van der Waals surface area (Å²) in [5, 5.41) is 3.96. The highest BCUT2D eigenvalue weighted by Crippen LogP contribution is 2.40. The summed E-state index contributed by atoms with van der Waals surface area (Å²) in [5.41, 5.74) is 5.36. The number of allylic oxidation sites excluding steroid dienone is 5. The van der Waals surface area contributed by atoms with Crippen molar-refractivity contribution in [3.05, 3.63) is 57.6 Å². The van der Waals surface area contributed by atoms with Crippen molar-refractivity contribution in [2.45, 2.75) is 11.8 Å². The number of fused-ring (bicyclic) bond motifs is 3. The van der Waals surface area contributed by atoms with Crippen molar-refractivity contribution in [1.29, 1.82) is 0 Å². The molecule has 3 nitrogen and oxygen atoms in total. The first-order valence-electron chi connectivity index (χ1n) is 6.49. The molecule has 116 valence electrons. The second-order valence-corrected chi connectivity index (χ2v) is 6.92. The lowest BCUT2D eigenvalue weighted by Crippen LogP contribution is -2.04. The maximum absolute atomic E-state index is 5.04. The molecule has 0 radical (unpaired) electrons. The molecule has 3 rings (SSSR count). The average molecular weight is 403 g/mol. The lowest BCUT2D eigenvalue weighted by Gasteiger charge is -2.12. The van der Waals surface area contributed by atoms with Crippen molar-refractivity contribution in [2.24, 2.45) is 5.16 Å². The molecular formula is C16H14BrCl2NO2. The molecule has 6 heteroatoms. The van der Waals surface area contributed by atoms with Crippen molar-refractivity contribution in [2.75, 3.05) is 7.11 Å². The van der Waals surface area contributed by atoms with E-state index >= 15 is 0 Å². The molecule has 0 aliphatic heterocycles. The van der Waals surface area contributed by atoms with Crippen LogP contribution >= 0.6 is 39.1 Å². The van der Waals surface area contributed by atoms with Crippen LogP contribution in [-0.4, -0.2) is 17.7 Å². The number of halogens is 3. The van der Waals surface area contributed by atoms with Crippen LogP contribution in [0.3, 0.4) is 0 Å². The normalized spacial score (nSPS) is 17.0. The van der Waals surface area contributed by atoms with Crippen LogP contribution in [0.25, 0.3) is 11.6 Å². The Labute approximate surface area is 147 Å². The number of benzene rings is 1. The lowest BCUT2D eigenvalue weighted by atomic mass is 9.96. The van der Waals surface area contributed by atoms with E-state index < -0.39 is 0 Å². The monoisotopic (exact) mass is 401 g/mol. The van der Waals surface area contributed by atoms with Gasteiger partial charge in [0.15, 0.2) is 0 Å². The van der Waals surface area contributed by atoms with Gasteiger partial charge in [-0.15, -0.1) is 23.2 Å². The van der Waals surface area contributed by atoms with E-state index in [1.807, 2.05) is 18.2 Å². The van der Waals surface area contributed by atoms with E-state index in [0.717, 1.165) is 21.3 Å². The summed E-state index contributed by atoms with van der Waals surface area (Å²) in [4.78, 5) is 8.99. The first kappa shape index (κ1) is 17.3. The summed E-state index contributed by atoms with van der Waals surface area (Å²) in [5.74, 6) is 0. The number of alkyl halides is 2. The quantitative estimate of drug-likeness (QED) is 0.371. The van der Waals surface area contributed by atoms with Crippen molar-refractivity contribution >= 4 is 56.5 Å². The van der Waals surface area contributed by atoms with E-state index in [4.69, 9.17) is 23.2 Å². The molecule has 0 unspecified atom stereocenters. The number of nitrogens with zero attached hydrogens (tertiary/aromatic N) is 1. The van der Waals surface area contributed by atoms with Gasteiger partial charge in [-0.05, 0) is 47.0 Å². The summed E-state index contributed by atoms with van der Waals surface area (Å²) in [7, 11) is 1.43. The fraction of sp³-hybridized carbons (Fsp3) is 0.188. The lowest BCUT2D eigenvalue weighted by molar-refractivity contribution is -0.273. The molecule has 0 N–H and O–H groups in total. The molecule has 0 spiro atoms. The maximum atomic E-state index is 5.04. The summed E-state index contributed by atoms with van der Waals surface area (Å²) in [6, 6.07) is 8.25. The van der Waals surface area contributed by atoms with E-state index in [1.165, 1.54) is 18.2 Å². The van der Waals surface area contributed by atoms with Crippen molar-refractivity contribution < 1.29 is 9.88 Å². The topological polar surface area (TPSA) is 30.8 Å². The van der Waals surface area contributed by atoms with E-state index in [9.17, 15) is 0 Å². The average Bonchev–Trinajstić information content (AvgIpc) is 2.83. The Balaban J connectivity index is 0.000000396. The van der Waals surface area contributed by atoms with Crippen LogP contribution in [0, 0.1) is 0 Å². The Morgan fingerprint density at radius 1 is 1.09 bits per heavy atom. The molecule has 2 aliphatic rings. The fourth-order valence-electron chi connectivity index (χ4n) is 2.15. The largest absolute Gasteiger partial charge is 0.220 e. The molecule has 0 saturated carbocycles. The highest BCUT2D eigenvalue weighted by atomic mass is 79.9. The Bertz CT molecular complexity index is 676. The van der Waals surface area contributed by atoms with Gasteiger partial charge in [-0.25, -0.2) is 4.99 Å².